The number of aryl methyl sites for hydroxylation is 1. The molecule has 0 atom stereocenters. The number of benzene rings is 2. The molecule has 0 aromatic heterocycles. The van der Waals surface area contributed by atoms with Gasteiger partial charge in [-0.15, -0.1) is 0 Å². The smallest absolute Gasteiger partial charge is 0.179 e. The minimum absolute atomic E-state index is 0.183. The Balaban J connectivity index is 2.03. The Morgan fingerprint density at radius 3 is 2.52 bits per heavy atom. The summed E-state index contributed by atoms with van der Waals surface area (Å²) in [4.78, 5) is 0. The summed E-state index contributed by atoms with van der Waals surface area (Å²) < 4.78 is 24.1. The topological polar surface area (TPSA) is 30.5 Å². The van der Waals surface area contributed by atoms with E-state index in [1.165, 1.54) is 6.07 Å². The largest absolute Gasteiger partial charge is 0.491 e. The molecule has 2 aromatic rings. The number of hydrogen-bond donors (Lipinski definition) is 1. The highest BCUT2D eigenvalue weighted by Crippen LogP contribution is 2.36. The maximum Gasteiger partial charge on any atom is 0.179 e. The van der Waals surface area contributed by atoms with Crippen LogP contribution in [-0.4, -0.2) is 13.7 Å². The van der Waals surface area contributed by atoms with Gasteiger partial charge in [0, 0.05) is 13.1 Å². The summed E-state index contributed by atoms with van der Waals surface area (Å²) in [5.74, 6) is 1.00. The van der Waals surface area contributed by atoms with E-state index in [4.69, 9.17) is 21.1 Å². The Labute approximate surface area is 141 Å². The zero-order valence-corrected chi connectivity index (χ0v) is 14.3. The summed E-state index contributed by atoms with van der Waals surface area (Å²) in [5, 5.41) is 3.84. The number of halogens is 2. The van der Waals surface area contributed by atoms with Crippen LogP contribution in [0.15, 0.2) is 30.3 Å². The highest BCUT2D eigenvalue weighted by Gasteiger charge is 2.11. The van der Waals surface area contributed by atoms with Crippen molar-refractivity contribution in [3.63, 3.8) is 0 Å². The van der Waals surface area contributed by atoms with E-state index in [0.717, 1.165) is 11.1 Å². The molecule has 2 rings (SSSR count). The first kappa shape index (κ1) is 17.6. The summed E-state index contributed by atoms with van der Waals surface area (Å²) in [6.45, 7) is 5.49. The maximum absolute atomic E-state index is 13.3. The first-order chi connectivity index (χ1) is 11.0. The first-order valence-corrected chi connectivity index (χ1v) is 7.88. The average Bonchev–Trinajstić information content (AvgIpc) is 2.51. The van der Waals surface area contributed by atoms with Gasteiger partial charge in [-0.2, -0.15) is 0 Å². The lowest BCUT2D eigenvalue weighted by atomic mass is 10.1. The molecule has 0 aliphatic rings. The van der Waals surface area contributed by atoms with Crippen LogP contribution in [-0.2, 0) is 13.1 Å². The molecule has 1 N–H and O–H groups in total. The van der Waals surface area contributed by atoms with Crippen LogP contribution in [0.1, 0.15) is 23.6 Å². The molecule has 5 heteroatoms. The lowest BCUT2D eigenvalue weighted by Crippen LogP contribution is -2.13. The molecule has 0 radical (unpaired) electrons. The molecule has 0 saturated heterocycles. The van der Waals surface area contributed by atoms with E-state index in [-0.39, 0.29) is 5.82 Å². The maximum atomic E-state index is 13.3. The van der Waals surface area contributed by atoms with E-state index in [9.17, 15) is 4.39 Å². The van der Waals surface area contributed by atoms with Gasteiger partial charge in [0.05, 0.1) is 18.7 Å². The Hall–Kier alpha value is -1.78. The molecule has 0 aliphatic carbocycles. The van der Waals surface area contributed by atoms with E-state index in [1.807, 2.05) is 25.1 Å². The van der Waals surface area contributed by atoms with Crippen molar-refractivity contribution >= 4 is 11.6 Å². The van der Waals surface area contributed by atoms with Crippen LogP contribution < -0.4 is 14.8 Å². The lowest BCUT2D eigenvalue weighted by Gasteiger charge is -2.13. The van der Waals surface area contributed by atoms with Crippen molar-refractivity contribution in [3.05, 3.63) is 57.9 Å². The highest BCUT2D eigenvalue weighted by molar-refractivity contribution is 6.32. The fourth-order valence-electron chi connectivity index (χ4n) is 2.35. The summed E-state index contributed by atoms with van der Waals surface area (Å²) >= 11 is 6.23. The summed E-state index contributed by atoms with van der Waals surface area (Å²) in [6.07, 6.45) is 0. The quantitative estimate of drug-likeness (QED) is 0.807. The number of ether oxygens (including phenoxy) is 2. The van der Waals surface area contributed by atoms with Gasteiger partial charge in [0.2, 0.25) is 0 Å². The van der Waals surface area contributed by atoms with E-state index < -0.39 is 0 Å². The zero-order chi connectivity index (χ0) is 16.8. The van der Waals surface area contributed by atoms with Gasteiger partial charge in [0.25, 0.3) is 0 Å². The zero-order valence-electron chi connectivity index (χ0n) is 13.6. The fourth-order valence-corrected chi connectivity index (χ4v) is 2.66. The molecule has 124 valence electrons. The van der Waals surface area contributed by atoms with E-state index in [2.05, 4.69) is 5.32 Å². The molecule has 0 bridgehead atoms. The van der Waals surface area contributed by atoms with Gasteiger partial charge < -0.3 is 14.8 Å². The van der Waals surface area contributed by atoms with Crippen LogP contribution in [0.4, 0.5) is 4.39 Å². The van der Waals surface area contributed by atoms with Gasteiger partial charge >= 0.3 is 0 Å². The highest BCUT2D eigenvalue weighted by atomic mass is 35.5. The number of nitrogens with one attached hydrogen (secondary N) is 1. The predicted octanol–water partition coefficient (Wildman–Crippen LogP) is 4.48. The average molecular weight is 338 g/mol. The summed E-state index contributed by atoms with van der Waals surface area (Å²) in [5.41, 5.74) is 2.68. The van der Waals surface area contributed by atoms with E-state index >= 15 is 0 Å². The monoisotopic (exact) mass is 337 g/mol. The minimum Gasteiger partial charge on any atom is -0.491 e. The Bertz CT molecular complexity index is 676. The predicted molar refractivity (Wildman–Crippen MR) is 90.9 cm³/mol. The molecule has 0 amide bonds. The molecule has 3 nitrogen and oxygen atoms in total. The molecule has 0 fully saturated rings. The van der Waals surface area contributed by atoms with Crippen LogP contribution in [0.3, 0.4) is 0 Å². The van der Waals surface area contributed by atoms with Crippen molar-refractivity contribution in [1.82, 2.24) is 5.32 Å². The fraction of sp³-hybridized carbons (Fsp3) is 0.333. The Morgan fingerprint density at radius 2 is 1.87 bits per heavy atom. The standard InChI is InChI=1S/C18H21ClFNO2/c1-4-23-17-9-14(8-15(19)18(17)22-3)11-21-10-13-5-6-16(20)12(2)7-13/h5-9,21H,4,10-11H2,1-3H3. The molecule has 23 heavy (non-hydrogen) atoms. The molecular formula is C18H21ClFNO2. The van der Waals surface area contributed by atoms with Gasteiger partial charge in [-0.1, -0.05) is 23.7 Å². The number of hydrogen-bond acceptors (Lipinski definition) is 3. The van der Waals surface area contributed by atoms with E-state index in [0.29, 0.717) is 41.8 Å². The molecule has 2 aromatic carbocycles. The molecule has 0 heterocycles. The second-order valence-electron chi connectivity index (χ2n) is 5.23. The third-order valence-corrected chi connectivity index (χ3v) is 3.73. The van der Waals surface area contributed by atoms with Crippen molar-refractivity contribution in [2.24, 2.45) is 0 Å². The van der Waals surface area contributed by atoms with Crippen molar-refractivity contribution in [3.8, 4) is 11.5 Å². The van der Waals surface area contributed by atoms with Crippen molar-refractivity contribution in [2.45, 2.75) is 26.9 Å². The van der Waals surface area contributed by atoms with Gasteiger partial charge in [-0.3, -0.25) is 0 Å². The van der Waals surface area contributed by atoms with Gasteiger partial charge in [-0.25, -0.2) is 4.39 Å². The van der Waals surface area contributed by atoms with Crippen LogP contribution in [0.5, 0.6) is 11.5 Å². The molecule has 0 aliphatic heterocycles. The minimum atomic E-state index is -0.183. The SMILES string of the molecule is CCOc1cc(CNCc2ccc(F)c(C)c2)cc(Cl)c1OC. The third-order valence-electron chi connectivity index (χ3n) is 3.45. The van der Waals surface area contributed by atoms with Crippen molar-refractivity contribution < 1.29 is 13.9 Å². The second kappa shape index (κ2) is 8.18. The van der Waals surface area contributed by atoms with E-state index in [1.54, 1.807) is 20.1 Å². The first-order valence-electron chi connectivity index (χ1n) is 7.50. The van der Waals surface area contributed by atoms with Crippen molar-refractivity contribution in [2.75, 3.05) is 13.7 Å². The Kier molecular flexibility index (Phi) is 6.25. The van der Waals surface area contributed by atoms with Gasteiger partial charge in [0.1, 0.15) is 5.82 Å². The van der Waals surface area contributed by atoms with Gasteiger partial charge in [0.15, 0.2) is 11.5 Å². The molecule has 0 spiro atoms. The second-order valence-corrected chi connectivity index (χ2v) is 5.64. The number of rotatable bonds is 7. The van der Waals surface area contributed by atoms with Crippen molar-refractivity contribution in [1.29, 1.82) is 0 Å². The third kappa shape index (κ3) is 4.60. The molecule has 0 unspecified atom stereocenters. The normalized spacial score (nSPS) is 10.7. The van der Waals surface area contributed by atoms with Crippen LogP contribution >= 0.6 is 11.6 Å². The van der Waals surface area contributed by atoms with Crippen LogP contribution in [0.25, 0.3) is 0 Å². The number of methoxy groups -OCH3 is 1. The summed E-state index contributed by atoms with van der Waals surface area (Å²) in [6, 6.07) is 8.88. The summed E-state index contributed by atoms with van der Waals surface area (Å²) in [7, 11) is 1.57. The lowest BCUT2D eigenvalue weighted by molar-refractivity contribution is 0.310. The van der Waals surface area contributed by atoms with Crippen LogP contribution in [0, 0.1) is 12.7 Å². The molecule has 0 saturated carbocycles. The molecular weight excluding hydrogens is 317 g/mol. The van der Waals surface area contributed by atoms with Gasteiger partial charge in [-0.05, 0) is 48.7 Å². The van der Waals surface area contributed by atoms with Crippen LogP contribution in [0.2, 0.25) is 5.02 Å². The Morgan fingerprint density at radius 1 is 1.13 bits per heavy atom.